The quantitative estimate of drug-likeness (QED) is 0.609. The van der Waals surface area contributed by atoms with E-state index in [4.69, 9.17) is 4.74 Å². The summed E-state index contributed by atoms with van der Waals surface area (Å²) >= 11 is 1.81. The largest absolute Gasteiger partial charge is 0.512 e. The van der Waals surface area contributed by atoms with Crippen molar-refractivity contribution < 1.29 is 14.6 Å². The third kappa shape index (κ3) is 4.44. The molecule has 1 N–H and O–H groups in total. The number of hydrogen-bond acceptors (Lipinski definition) is 4. The zero-order valence-electron chi connectivity index (χ0n) is 17.0. The van der Waals surface area contributed by atoms with Crippen molar-refractivity contribution in [2.45, 2.75) is 38.5 Å². The highest BCUT2D eigenvalue weighted by Gasteiger charge is 2.33. The fraction of sp³-hybridized carbons (Fsp3) is 0.375. The second-order valence-electron chi connectivity index (χ2n) is 7.67. The molecule has 4 heteroatoms. The Morgan fingerprint density at radius 2 is 1.86 bits per heavy atom. The maximum Gasteiger partial charge on any atom is 0.167 e. The van der Waals surface area contributed by atoms with E-state index >= 15 is 0 Å². The molecular formula is C24H28O3S. The van der Waals surface area contributed by atoms with Gasteiger partial charge >= 0.3 is 0 Å². The zero-order chi connectivity index (χ0) is 20.3. The number of aryl methyl sites for hydroxylation is 2. The summed E-state index contributed by atoms with van der Waals surface area (Å²) in [6, 6.07) is 14.2. The summed E-state index contributed by atoms with van der Waals surface area (Å²) in [5.41, 5.74) is 3.36. The summed E-state index contributed by atoms with van der Waals surface area (Å²) in [6.07, 6.45) is 1.00. The van der Waals surface area contributed by atoms with Crippen molar-refractivity contribution in [2.75, 3.05) is 12.9 Å². The number of methoxy groups -OCH3 is 1. The average Bonchev–Trinajstić information content (AvgIpc) is 2.67. The second kappa shape index (κ2) is 8.87. The maximum atomic E-state index is 13.0. The van der Waals surface area contributed by atoms with Crippen molar-refractivity contribution in [2.24, 2.45) is 11.8 Å². The van der Waals surface area contributed by atoms with Gasteiger partial charge in [-0.15, -0.1) is 11.8 Å². The van der Waals surface area contributed by atoms with Crippen LogP contribution in [0.4, 0.5) is 0 Å². The molecular weight excluding hydrogens is 368 g/mol. The topological polar surface area (TPSA) is 46.5 Å². The number of ketones is 1. The van der Waals surface area contributed by atoms with Crippen LogP contribution in [0.5, 0.6) is 5.75 Å². The van der Waals surface area contributed by atoms with Gasteiger partial charge in [-0.2, -0.15) is 0 Å². The van der Waals surface area contributed by atoms with Gasteiger partial charge in [-0.05, 0) is 49.4 Å². The molecule has 0 saturated carbocycles. The van der Waals surface area contributed by atoms with Gasteiger partial charge < -0.3 is 9.84 Å². The number of thioether (sulfide) groups is 1. The van der Waals surface area contributed by atoms with E-state index < -0.39 is 0 Å². The fourth-order valence-electron chi connectivity index (χ4n) is 3.74. The summed E-state index contributed by atoms with van der Waals surface area (Å²) < 4.78 is 5.45. The lowest BCUT2D eigenvalue weighted by Gasteiger charge is -2.29. The van der Waals surface area contributed by atoms with Crippen LogP contribution in [-0.4, -0.2) is 23.8 Å². The molecule has 0 fully saturated rings. The summed E-state index contributed by atoms with van der Waals surface area (Å²) in [6.45, 7) is 6.20. The molecule has 0 radical (unpaired) electrons. The van der Waals surface area contributed by atoms with Gasteiger partial charge in [-0.1, -0.05) is 36.8 Å². The first-order valence-electron chi connectivity index (χ1n) is 9.69. The summed E-state index contributed by atoms with van der Waals surface area (Å²) in [5, 5.41) is 10.8. The van der Waals surface area contributed by atoms with E-state index in [-0.39, 0.29) is 17.5 Å². The van der Waals surface area contributed by atoms with Crippen LogP contribution in [0.15, 0.2) is 53.1 Å². The van der Waals surface area contributed by atoms with Gasteiger partial charge in [0, 0.05) is 29.1 Å². The monoisotopic (exact) mass is 396 g/mol. The van der Waals surface area contributed by atoms with Crippen LogP contribution < -0.4 is 4.74 Å². The molecule has 1 aliphatic carbocycles. The van der Waals surface area contributed by atoms with E-state index in [0.29, 0.717) is 30.1 Å². The van der Waals surface area contributed by atoms with Crippen molar-refractivity contribution in [3.8, 4) is 5.75 Å². The van der Waals surface area contributed by atoms with E-state index in [9.17, 15) is 9.90 Å². The molecule has 0 spiro atoms. The molecule has 3 nitrogen and oxygen atoms in total. The van der Waals surface area contributed by atoms with E-state index in [1.165, 1.54) is 10.5 Å². The van der Waals surface area contributed by atoms with Crippen molar-refractivity contribution in [1.82, 2.24) is 0 Å². The van der Waals surface area contributed by atoms with Crippen LogP contribution in [-0.2, 0) is 4.79 Å². The second-order valence-corrected chi connectivity index (χ2v) is 8.76. The maximum absolute atomic E-state index is 13.0. The van der Waals surface area contributed by atoms with Crippen LogP contribution >= 0.6 is 11.8 Å². The highest BCUT2D eigenvalue weighted by Crippen LogP contribution is 2.40. The van der Waals surface area contributed by atoms with Crippen LogP contribution in [0.2, 0.25) is 0 Å². The molecule has 2 unspecified atom stereocenters. The number of carbonyl (C=O) groups is 1. The molecule has 1 aliphatic rings. The van der Waals surface area contributed by atoms with Crippen molar-refractivity contribution >= 4 is 23.1 Å². The molecule has 148 valence electrons. The minimum atomic E-state index is 0.00790. The Morgan fingerprint density at radius 1 is 1.14 bits per heavy atom. The van der Waals surface area contributed by atoms with Gasteiger partial charge in [0.2, 0.25) is 0 Å². The summed E-state index contributed by atoms with van der Waals surface area (Å²) in [5.74, 6) is 2.25. The Balaban J connectivity index is 1.75. The number of Topliss-reactive ketones (excluding diaryl/α,β-unsaturated/α-hetero) is 1. The molecule has 3 rings (SSSR count). The fourth-order valence-corrected chi connectivity index (χ4v) is 4.80. The first-order chi connectivity index (χ1) is 13.4. The van der Waals surface area contributed by atoms with E-state index in [1.54, 1.807) is 7.11 Å². The highest BCUT2D eigenvalue weighted by atomic mass is 32.2. The van der Waals surface area contributed by atoms with Crippen molar-refractivity contribution in [1.29, 1.82) is 0 Å². The van der Waals surface area contributed by atoms with Gasteiger partial charge in [0.1, 0.15) is 11.5 Å². The summed E-state index contributed by atoms with van der Waals surface area (Å²) in [4.78, 5) is 14.2. The van der Waals surface area contributed by atoms with Crippen molar-refractivity contribution in [3.63, 3.8) is 0 Å². The van der Waals surface area contributed by atoms with Gasteiger partial charge in [-0.25, -0.2) is 0 Å². The number of rotatable bonds is 6. The normalized spacial score (nSPS) is 18.3. The zero-order valence-corrected chi connectivity index (χ0v) is 17.8. The Morgan fingerprint density at radius 3 is 2.50 bits per heavy atom. The predicted molar refractivity (Wildman–Crippen MR) is 116 cm³/mol. The third-order valence-electron chi connectivity index (χ3n) is 5.51. The van der Waals surface area contributed by atoms with E-state index in [1.807, 2.05) is 36.9 Å². The van der Waals surface area contributed by atoms with Crippen LogP contribution in [0.1, 0.15) is 36.5 Å². The lowest BCUT2D eigenvalue weighted by atomic mass is 9.78. The molecule has 0 aliphatic heterocycles. The number of allylic oxidation sites excluding steroid dienone is 2. The highest BCUT2D eigenvalue weighted by molar-refractivity contribution is 7.99. The predicted octanol–water partition coefficient (Wildman–Crippen LogP) is 5.99. The van der Waals surface area contributed by atoms with Crippen LogP contribution in [0.25, 0.3) is 5.57 Å². The molecule has 0 amide bonds. The molecule has 0 saturated heterocycles. The molecule has 2 aromatic rings. The van der Waals surface area contributed by atoms with Crippen molar-refractivity contribution in [3.05, 3.63) is 64.9 Å². The van der Waals surface area contributed by atoms with Gasteiger partial charge in [-0.3, -0.25) is 4.79 Å². The van der Waals surface area contributed by atoms with E-state index in [2.05, 4.69) is 38.1 Å². The van der Waals surface area contributed by atoms with Gasteiger partial charge in [0.25, 0.3) is 0 Å². The number of aliphatic hydroxyl groups excluding tert-OH is 1. The van der Waals surface area contributed by atoms with Crippen LogP contribution in [0.3, 0.4) is 0 Å². The standard InChI is InChI=1S/C24H28O3S/c1-15-8-10-19(11-9-15)28-14-17(3)18-12-20(25)24(21(26)13-18)23-16(2)6-5-7-22(23)27-4/h5-11,17-18,25H,12-14H2,1-4H3. The Bertz CT molecular complexity index is 883. The first-order valence-corrected chi connectivity index (χ1v) is 10.7. The minimum Gasteiger partial charge on any atom is -0.512 e. The lowest BCUT2D eigenvalue weighted by molar-refractivity contribution is -0.115. The molecule has 2 atom stereocenters. The SMILES string of the molecule is COc1cccc(C)c1C1=C(O)CC(C(C)CSc2ccc(C)cc2)CC1=O. The molecule has 0 heterocycles. The Kier molecular flexibility index (Phi) is 6.50. The molecule has 28 heavy (non-hydrogen) atoms. The lowest BCUT2D eigenvalue weighted by Crippen LogP contribution is -2.25. The minimum absolute atomic E-state index is 0.00790. The summed E-state index contributed by atoms with van der Waals surface area (Å²) in [7, 11) is 1.59. The number of ether oxygens (including phenoxy) is 1. The first kappa shape index (κ1) is 20.5. The third-order valence-corrected chi connectivity index (χ3v) is 6.81. The average molecular weight is 397 g/mol. The number of carbonyl (C=O) groups excluding carboxylic acids is 1. The van der Waals surface area contributed by atoms with E-state index in [0.717, 1.165) is 16.9 Å². The van der Waals surface area contributed by atoms with Gasteiger partial charge in [0.15, 0.2) is 5.78 Å². The van der Waals surface area contributed by atoms with Crippen LogP contribution in [0, 0.1) is 25.7 Å². The van der Waals surface area contributed by atoms with Gasteiger partial charge in [0.05, 0.1) is 12.7 Å². The molecule has 0 aromatic heterocycles. The Labute approximate surface area is 171 Å². The Hall–Kier alpha value is -2.20. The molecule has 2 aromatic carbocycles. The number of hydrogen-bond donors (Lipinski definition) is 1. The number of aliphatic hydroxyl groups is 1. The molecule has 0 bridgehead atoms. The smallest absolute Gasteiger partial charge is 0.167 e. The number of benzene rings is 2.